The molecule has 33 heavy (non-hydrogen) atoms. The molecule has 1 aromatic heterocycles. The van der Waals surface area contributed by atoms with Crippen LogP contribution in [-0.2, 0) is 20.9 Å². The van der Waals surface area contributed by atoms with E-state index in [9.17, 15) is 14.7 Å². The van der Waals surface area contributed by atoms with Gasteiger partial charge in [0.1, 0.15) is 24.6 Å². The van der Waals surface area contributed by atoms with Gasteiger partial charge in [-0.2, -0.15) is 0 Å². The van der Waals surface area contributed by atoms with Crippen LogP contribution in [-0.4, -0.2) is 33.9 Å². The molecule has 0 bridgehead atoms. The molecular formula is C26H27NO6. The van der Waals surface area contributed by atoms with E-state index in [1.807, 2.05) is 30.3 Å². The topological polar surface area (TPSA) is 87.0 Å². The van der Waals surface area contributed by atoms with Crippen LogP contribution in [0.2, 0.25) is 0 Å². The highest BCUT2D eigenvalue weighted by molar-refractivity contribution is 5.94. The Morgan fingerprint density at radius 2 is 1.97 bits per heavy atom. The monoisotopic (exact) mass is 449 g/mol. The quantitative estimate of drug-likeness (QED) is 0.446. The van der Waals surface area contributed by atoms with Crippen molar-refractivity contribution in [3.05, 3.63) is 78.0 Å². The van der Waals surface area contributed by atoms with E-state index >= 15 is 0 Å². The molecule has 4 rings (SSSR count). The molecule has 1 saturated heterocycles. The van der Waals surface area contributed by atoms with E-state index in [1.54, 1.807) is 45.2 Å². The van der Waals surface area contributed by atoms with Crippen molar-refractivity contribution in [2.75, 3.05) is 6.61 Å². The number of hydrogen-bond acceptors (Lipinski definition) is 6. The van der Waals surface area contributed by atoms with Crippen LogP contribution < -0.4 is 4.74 Å². The molecule has 1 N–H and O–H groups in total. The Morgan fingerprint density at radius 3 is 2.61 bits per heavy atom. The zero-order valence-electron chi connectivity index (χ0n) is 18.9. The predicted octanol–water partition coefficient (Wildman–Crippen LogP) is 4.77. The molecule has 0 unspecified atom stereocenters. The van der Waals surface area contributed by atoms with Gasteiger partial charge in [0.2, 0.25) is 0 Å². The molecule has 1 aliphatic rings. The van der Waals surface area contributed by atoms with Crippen molar-refractivity contribution in [1.29, 1.82) is 0 Å². The normalized spacial score (nSPS) is 17.2. The minimum Gasteiger partial charge on any atom is -0.489 e. The zero-order chi connectivity index (χ0) is 23.8. The molecule has 0 saturated carbocycles. The highest BCUT2D eigenvalue weighted by atomic mass is 16.6. The number of aliphatic hydroxyl groups is 1. The van der Waals surface area contributed by atoms with Crippen molar-refractivity contribution in [2.45, 2.75) is 39.1 Å². The van der Waals surface area contributed by atoms with Crippen LogP contribution in [0.1, 0.15) is 38.0 Å². The number of carbonyl (C=O) groups is 2. The third-order valence-corrected chi connectivity index (χ3v) is 5.45. The van der Waals surface area contributed by atoms with Gasteiger partial charge in [-0.05, 0) is 38.5 Å². The van der Waals surface area contributed by atoms with E-state index < -0.39 is 29.7 Å². The number of carbonyl (C=O) groups excluding carboxylic acids is 2. The molecule has 0 aliphatic carbocycles. The molecule has 7 nitrogen and oxygen atoms in total. The van der Waals surface area contributed by atoms with Gasteiger partial charge < -0.3 is 19.3 Å². The third-order valence-electron chi connectivity index (χ3n) is 5.45. The van der Waals surface area contributed by atoms with E-state index in [0.717, 1.165) is 5.56 Å². The van der Waals surface area contributed by atoms with Crippen LogP contribution >= 0.6 is 0 Å². The van der Waals surface area contributed by atoms with Gasteiger partial charge in [-0.1, -0.05) is 36.9 Å². The second-order valence-electron chi connectivity index (χ2n) is 9.06. The minimum atomic E-state index is -1.08. The second kappa shape index (κ2) is 8.75. The summed E-state index contributed by atoms with van der Waals surface area (Å²) in [4.78, 5) is 24.7. The van der Waals surface area contributed by atoms with Crippen molar-refractivity contribution in [2.24, 2.45) is 5.92 Å². The number of nitrogens with zero attached hydrogens (tertiary/aromatic N) is 1. The smallest absolute Gasteiger partial charge is 0.419 e. The van der Waals surface area contributed by atoms with Crippen LogP contribution in [0.5, 0.6) is 5.75 Å². The Balaban J connectivity index is 1.71. The molecule has 0 spiro atoms. The van der Waals surface area contributed by atoms with E-state index in [4.69, 9.17) is 14.2 Å². The zero-order valence-corrected chi connectivity index (χ0v) is 18.9. The summed E-state index contributed by atoms with van der Waals surface area (Å²) in [5.74, 6) is -0.546. The number of rotatable bonds is 5. The van der Waals surface area contributed by atoms with Crippen molar-refractivity contribution >= 4 is 23.0 Å². The molecule has 172 valence electrons. The Morgan fingerprint density at radius 1 is 1.24 bits per heavy atom. The highest BCUT2D eigenvalue weighted by Crippen LogP contribution is 2.38. The Hall–Kier alpha value is -3.58. The van der Waals surface area contributed by atoms with Gasteiger partial charge in [0.05, 0.1) is 17.5 Å². The van der Waals surface area contributed by atoms with Crippen molar-refractivity contribution < 1.29 is 28.9 Å². The second-order valence-corrected chi connectivity index (χ2v) is 9.06. The van der Waals surface area contributed by atoms with Crippen LogP contribution in [0.15, 0.2) is 66.9 Å². The van der Waals surface area contributed by atoms with Crippen LogP contribution in [0, 0.1) is 5.92 Å². The molecule has 1 aliphatic heterocycles. The Kier molecular flexibility index (Phi) is 5.99. The third kappa shape index (κ3) is 4.78. The van der Waals surface area contributed by atoms with Crippen molar-refractivity contribution in [1.82, 2.24) is 4.57 Å². The molecule has 2 aromatic carbocycles. The number of hydrogen-bond donors (Lipinski definition) is 1. The standard InChI is InChI=1S/C26H27NO6/c1-16-21(15-32-24(16)29)23(28)20-13-27(25(30)33-26(2,3)4)22-12-18(10-11-19(20)22)31-14-17-8-6-5-7-9-17/h5-13,21,23,28H,1,14-15H2,2-4H3/t21-,23+/m1/s1. The Bertz CT molecular complexity index is 1200. The minimum absolute atomic E-state index is 0.0379. The van der Waals surface area contributed by atoms with E-state index in [0.29, 0.717) is 28.8 Å². The number of aromatic nitrogens is 1. The summed E-state index contributed by atoms with van der Waals surface area (Å²) < 4.78 is 17.9. The number of esters is 1. The number of benzene rings is 2. The van der Waals surface area contributed by atoms with Crippen LogP contribution in [0.3, 0.4) is 0 Å². The molecule has 0 radical (unpaired) electrons. The lowest BCUT2D eigenvalue weighted by Crippen LogP contribution is -2.26. The van der Waals surface area contributed by atoms with Gasteiger partial charge in [-0.15, -0.1) is 0 Å². The number of cyclic esters (lactones) is 1. The molecule has 3 aromatic rings. The maximum Gasteiger partial charge on any atom is 0.419 e. The number of ether oxygens (including phenoxy) is 3. The Labute approximate surface area is 192 Å². The van der Waals surface area contributed by atoms with E-state index in [1.165, 1.54) is 4.57 Å². The summed E-state index contributed by atoms with van der Waals surface area (Å²) in [6, 6.07) is 15.1. The largest absolute Gasteiger partial charge is 0.489 e. The molecule has 1 fully saturated rings. The maximum atomic E-state index is 13.0. The lowest BCUT2D eigenvalue weighted by atomic mass is 9.92. The van der Waals surface area contributed by atoms with Gasteiger partial charge in [-0.25, -0.2) is 9.59 Å². The molecule has 2 heterocycles. The van der Waals surface area contributed by atoms with Crippen molar-refractivity contribution in [3.63, 3.8) is 0 Å². The van der Waals surface area contributed by atoms with Crippen LogP contribution in [0.4, 0.5) is 4.79 Å². The number of aliphatic hydroxyl groups excluding tert-OH is 1. The highest BCUT2D eigenvalue weighted by Gasteiger charge is 2.37. The summed E-state index contributed by atoms with van der Waals surface area (Å²) in [6.07, 6.45) is -0.115. The molecular weight excluding hydrogens is 422 g/mol. The average Bonchev–Trinajstić information content (AvgIpc) is 3.31. The summed E-state index contributed by atoms with van der Waals surface area (Å²) >= 11 is 0. The molecule has 7 heteroatoms. The summed E-state index contributed by atoms with van der Waals surface area (Å²) in [5, 5.41) is 11.7. The van der Waals surface area contributed by atoms with Gasteiger partial charge in [0.25, 0.3) is 0 Å². The first-order valence-corrected chi connectivity index (χ1v) is 10.7. The fourth-order valence-corrected chi connectivity index (χ4v) is 3.77. The summed E-state index contributed by atoms with van der Waals surface area (Å²) in [5.41, 5.74) is 1.53. The average molecular weight is 450 g/mol. The SMILES string of the molecule is C=C1C(=O)OC[C@H]1[C@@H](O)c1cn(C(=O)OC(C)(C)C)c2cc(OCc3ccccc3)ccc12. The fraction of sp³-hybridized carbons (Fsp3) is 0.308. The van der Waals surface area contributed by atoms with Gasteiger partial charge >= 0.3 is 12.1 Å². The maximum absolute atomic E-state index is 13.0. The van der Waals surface area contributed by atoms with Crippen molar-refractivity contribution in [3.8, 4) is 5.75 Å². The summed E-state index contributed by atoms with van der Waals surface area (Å²) in [6.45, 7) is 9.51. The molecule has 0 amide bonds. The fourth-order valence-electron chi connectivity index (χ4n) is 3.77. The van der Waals surface area contributed by atoms with E-state index in [-0.39, 0.29) is 12.2 Å². The van der Waals surface area contributed by atoms with Gasteiger partial charge in [0.15, 0.2) is 0 Å². The number of fused-ring (bicyclic) bond motifs is 1. The van der Waals surface area contributed by atoms with Gasteiger partial charge in [-0.3, -0.25) is 4.57 Å². The predicted molar refractivity (Wildman–Crippen MR) is 123 cm³/mol. The lowest BCUT2D eigenvalue weighted by molar-refractivity contribution is -0.135. The van der Waals surface area contributed by atoms with E-state index in [2.05, 4.69) is 6.58 Å². The molecule has 2 atom stereocenters. The van der Waals surface area contributed by atoms with Gasteiger partial charge in [0, 0.05) is 28.8 Å². The first-order chi connectivity index (χ1) is 15.6. The summed E-state index contributed by atoms with van der Waals surface area (Å²) in [7, 11) is 0. The van der Waals surface area contributed by atoms with Crippen LogP contribution in [0.25, 0.3) is 10.9 Å². The lowest BCUT2D eigenvalue weighted by Gasteiger charge is -2.20. The first-order valence-electron chi connectivity index (χ1n) is 10.7. The first kappa shape index (κ1) is 22.6.